The standard InChI is InChI=1S/C19H17N3O3S2/c1-10-14(3-2-6-20-10)25-19-15-13(5-4-11-7-21-27-16(11)15)17(26-19)18(23)22-12-8-24-9-12/h2-3,6-7,12H,4-5,8-9H2,1H3,(H,22,23). The van der Waals surface area contributed by atoms with Crippen molar-refractivity contribution in [2.45, 2.75) is 25.8 Å². The minimum atomic E-state index is -0.0460. The number of ether oxygens (including phenoxy) is 2. The van der Waals surface area contributed by atoms with E-state index >= 15 is 0 Å². The Hall–Kier alpha value is -2.29. The molecule has 1 fully saturated rings. The zero-order chi connectivity index (χ0) is 18.4. The average Bonchev–Trinajstić information content (AvgIpc) is 3.24. The summed E-state index contributed by atoms with van der Waals surface area (Å²) >= 11 is 2.87. The molecule has 8 heteroatoms. The quantitative estimate of drug-likeness (QED) is 0.726. The lowest BCUT2D eigenvalue weighted by Gasteiger charge is -2.26. The van der Waals surface area contributed by atoms with Crippen LogP contribution in [0.25, 0.3) is 10.4 Å². The van der Waals surface area contributed by atoms with Gasteiger partial charge in [0.2, 0.25) is 0 Å². The number of amides is 1. The minimum Gasteiger partial charge on any atom is -0.444 e. The van der Waals surface area contributed by atoms with E-state index in [9.17, 15) is 4.79 Å². The Morgan fingerprint density at radius 1 is 1.37 bits per heavy atom. The van der Waals surface area contributed by atoms with Crippen molar-refractivity contribution < 1.29 is 14.3 Å². The molecule has 0 bridgehead atoms. The number of carbonyl (C=O) groups excluding carboxylic acids is 1. The predicted octanol–water partition coefficient (Wildman–Crippen LogP) is 3.59. The summed E-state index contributed by atoms with van der Waals surface area (Å²) in [5.74, 6) is 0.660. The van der Waals surface area contributed by atoms with Crippen LogP contribution in [0.4, 0.5) is 0 Å². The Bertz CT molecular complexity index is 1020. The number of hydrogen-bond donors (Lipinski definition) is 1. The van der Waals surface area contributed by atoms with E-state index in [-0.39, 0.29) is 11.9 Å². The second kappa shape index (κ2) is 6.70. The molecule has 3 aromatic heterocycles. The molecule has 4 heterocycles. The zero-order valence-corrected chi connectivity index (χ0v) is 16.3. The van der Waals surface area contributed by atoms with Crippen LogP contribution in [0.1, 0.15) is 26.5 Å². The van der Waals surface area contributed by atoms with Crippen LogP contribution >= 0.6 is 22.9 Å². The molecule has 0 radical (unpaired) electrons. The van der Waals surface area contributed by atoms with E-state index < -0.39 is 0 Å². The summed E-state index contributed by atoms with van der Waals surface area (Å²) < 4.78 is 15.8. The molecule has 1 amide bonds. The van der Waals surface area contributed by atoms with E-state index in [2.05, 4.69) is 14.7 Å². The van der Waals surface area contributed by atoms with Gasteiger partial charge < -0.3 is 14.8 Å². The number of pyridine rings is 1. The highest BCUT2D eigenvalue weighted by Crippen LogP contribution is 2.50. The highest BCUT2D eigenvalue weighted by Gasteiger charge is 2.32. The van der Waals surface area contributed by atoms with Crippen molar-refractivity contribution in [1.29, 1.82) is 0 Å². The maximum Gasteiger partial charge on any atom is 0.262 e. The maximum atomic E-state index is 12.9. The van der Waals surface area contributed by atoms with Gasteiger partial charge in [-0.2, -0.15) is 0 Å². The third-order valence-electron chi connectivity index (χ3n) is 4.83. The van der Waals surface area contributed by atoms with E-state index in [1.165, 1.54) is 28.4 Å². The number of rotatable bonds is 4. The van der Waals surface area contributed by atoms with Crippen LogP contribution in [0.2, 0.25) is 0 Å². The molecule has 0 atom stereocenters. The van der Waals surface area contributed by atoms with Gasteiger partial charge >= 0.3 is 0 Å². The van der Waals surface area contributed by atoms with Crippen LogP contribution in [-0.2, 0) is 17.6 Å². The Morgan fingerprint density at radius 3 is 3.04 bits per heavy atom. The first-order valence-corrected chi connectivity index (χ1v) is 10.4. The molecule has 1 saturated heterocycles. The first-order chi connectivity index (χ1) is 13.2. The first kappa shape index (κ1) is 16.9. The summed E-state index contributed by atoms with van der Waals surface area (Å²) in [6, 6.07) is 3.85. The van der Waals surface area contributed by atoms with Crippen molar-refractivity contribution in [2.75, 3.05) is 13.2 Å². The topological polar surface area (TPSA) is 73.3 Å². The van der Waals surface area contributed by atoms with E-state index in [1.54, 1.807) is 6.20 Å². The molecular weight excluding hydrogens is 382 g/mol. The smallest absolute Gasteiger partial charge is 0.262 e. The van der Waals surface area contributed by atoms with Crippen LogP contribution in [0, 0.1) is 6.92 Å². The highest BCUT2D eigenvalue weighted by molar-refractivity contribution is 7.17. The van der Waals surface area contributed by atoms with Gasteiger partial charge in [-0.3, -0.25) is 9.78 Å². The molecule has 3 aromatic rings. The molecule has 1 N–H and O–H groups in total. The molecule has 2 aliphatic rings. The van der Waals surface area contributed by atoms with Gasteiger partial charge in [-0.15, -0.1) is 0 Å². The molecule has 1 aliphatic heterocycles. The summed E-state index contributed by atoms with van der Waals surface area (Å²) in [6.45, 7) is 3.07. The second-order valence-corrected chi connectivity index (χ2v) is 8.43. The molecule has 6 nitrogen and oxygen atoms in total. The van der Waals surface area contributed by atoms with Crippen molar-refractivity contribution in [3.63, 3.8) is 0 Å². The molecule has 138 valence electrons. The van der Waals surface area contributed by atoms with Gasteiger partial charge in [0.1, 0.15) is 5.75 Å². The molecule has 0 saturated carbocycles. The molecule has 0 unspecified atom stereocenters. The summed E-state index contributed by atoms with van der Waals surface area (Å²) in [6.07, 6.45) is 5.38. The van der Waals surface area contributed by atoms with E-state index in [4.69, 9.17) is 9.47 Å². The maximum absolute atomic E-state index is 12.9. The number of carbonyl (C=O) groups is 1. The summed E-state index contributed by atoms with van der Waals surface area (Å²) in [5.41, 5.74) is 4.11. The van der Waals surface area contributed by atoms with E-state index in [0.29, 0.717) is 19.0 Å². The third-order valence-corrected chi connectivity index (χ3v) is 6.80. The van der Waals surface area contributed by atoms with Crippen LogP contribution < -0.4 is 10.1 Å². The lowest BCUT2D eigenvalue weighted by atomic mass is 9.93. The van der Waals surface area contributed by atoms with Gasteiger partial charge in [0.05, 0.1) is 40.3 Å². The number of nitrogens with zero attached hydrogens (tertiary/aromatic N) is 2. The minimum absolute atomic E-state index is 0.0460. The first-order valence-electron chi connectivity index (χ1n) is 8.78. The van der Waals surface area contributed by atoms with Crippen LogP contribution in [0.15, 0.2) is 24.5 Å². The number of hydrogen-bond acceptors (Lipinski definition) is 7. The predicted molar refractivity (Wildman–Crippen MR) is 104 cm³/mol. The Kier molecular flexibility index (Phi) is 4.18. The van der Waals surface area contributed by atoms with Gasteiger partial charge in [0.15, 0.2) is 5.06 Å². The van der Waals surface area contributed by atoms with Gasteiger partial charge in [-0.05, 0) is 54.6 Å². The van der Waals surface area contributed by atoms with Crippen LogP contribution in [0.5, 0.6) is 10.8 Å². The fourth-order valence-electron chi connectivity index (χ4n) is 3.32. The Balaban J connectivity index is 1.58. The van der Waals surface area contributed by atoms with E-state index in [1.807, 2.05) is 25.3 Å². The molecular formula is C19H17N3O3S2. The monoisotopic (exact) mass is 399 g/mol. The normalized spacial score (nSPS) is 15.6. The Morgan fingerprint density at radius 2 is 2.26 bits per heavy atom. The molecule has 27 heavy (non-hydrogen) atoms. The third kappa shape index (κ3) is 2.93. The number of thiophene rings is 1. The van der Waals surface area contributed by atoms with Crippen LogP contribution in [-0.4, -0.2) is 34.5 Å². The van der Waals surface area contributed by atoms with Gasteiger partial charge in [0.25, 0.3) is 5.91 Å². The number of fused-ring (bicyclic) bond motifs is 3. The molecule has 0 aromatic carbocycles. The number of nitrogens with one attached hydrogen (secondary N) is 1. The highest BCUT2D eigenvalue weighted by atomic mass is 32.1. The fraction of sp³-hybridized carbons (Fsp3) is 0.316. The summed E-state index contributed by atoms with van der Waals surface area (Å²) in [7, 11) is 0. The van der Waals surface area contributed by atoms with E-state index in [0.717, 1.165) is 44.5 Å². The van der Waals surface area contributed by atoms with Gasteiger partial charge in [-0.25, -0.2) is 4.37 Å². The van der Waals surface area contributed by atoms with Crippen molar-refractivity contribution in [1.82, 2.24) is 14.7 Å². The summed E-state index contributed by atoms with van der Waals surface area (Å²) in [4.78, 5) is 19.0. The van der Waals surface area contributed by atoms with Crippen LogP contribution in [0.3, 0.4) is 0 Å². The number of aromatic nitrogens is 2. The largest absolute Gasteiger partial charge is 0.444 e. The second-order valence-electron chi connectivity index (χ2n) is 6.65. The SMILES string of the molecule is Cc1ncccc1Oc1sc(C(=O)NC2COC2)c2c1-c1sncc1CC2. The number of aryl methyl sites for hydroxylation is 2. The zero-order valence-electron chi connectivity index (χ0n) is 14.7. The van der Waals surface area contributed by atoms with Gasteiger partial charge in [0, 0.05) is 12.4 Å². The Labute approximate surface area is 164 Å². The van der Waals surface area contributed by atoms with Gasteiger partial charge in [-0.1, -0.05) is 11.3 Å². The fourth-order valence-corrected chi connectivity index (χ4v) is 5.37. The molecule has 1 aliphatic carbocycles. The molecule has 5 rings (SSSR count). The van der Waals surface area contributed by atoms with Crippen molar-refractivity contribution >= 4 is 28.8 Å². The lowest BCUT2D eigenvalue weighted by Crippen LogP contribution is -2.48. The average molecular weight is 399 g/mol. The van der Waals surface area contributed by atoms with Crippen molar-refractivity contribution in [2.24, 2.45) is 0 Å². The lowest BCUT2D eigenvalue weighted by molar-refractivity contribution is -0.00340. The van der Waals surface area contributed by atoms with Crippen molar-refractivity contribution in [3.8, 4) is 21.3 Å². The summed E-state index contributed by atoms with van der Waals surface area (Å²) in [5, 5.41) is 3.79. The molecule has 0 spiro atoms. The van der Waals surface area contributed by atoms with Crippen molar-refractivity contribution in [3.05, 3.63) is 46.2 Å².